The Morgan fingerprint density at radius 3 is 2.73 bits per heavy atom. The predicted octanol–water partition coefficient (Wildman–Crippen LogP) is 2.89. The molecule has 2 atom stereocenters. The number of imidazole rings is 1. The van der Waals surface area contributed by atoms with Gasteiger partial charge in [0.15, 0.2) is 0 Å². The summed E-state index contributed by atoms with van der Waals surface area (Å²) >= 11 is 0. The van der Waals surface area contributed by atoms with Crippen LogP contribution in [0.3, 0.4) is 0 Å². The second-order valence-corrected chi connectivity index (χ2v) is 7.45. The smallest absolute Gasteiger partial charge is 0.223 e. The molecule has 2 aromatic heterocycles. The molecule has 0 amide bonds. The van der Waals surface area contributed by atoms with Crippen LogP contribution in [0.2, 0.25) is 0 Å². The van der Waals surface area contributed by atoms with Gasteiger partial charge in [-0.3, -0.25) is 4.99 Å². The van der Waals surface area contributed by atoms with Gasteiger partial charge in [0.2, 0.25) is 5.95 Å². The number of nitrogens with zero attached hydrogens (tertiary/aromatic N) is 4. The van der Waals surface area contributed by atoms with E-state index in [1.54, 1.807) is 44.8 Å². The minimum Gasteiger partial charge on any atom is -0.385 e. The first kappa shape index (κ1) is 22.7. The summed E-state index contributed by atoms with van der Waals surface area (Å²) in [6.07, 6.45) is 5.23. The Balaban J connectivity index is 1.74. The second-order valence-electron chi connectivity index (χ2n) is 7.45. The Kier molecular flexibility index (Phi) is 7.18. The molecule has 9 nitrogen and oxygen atoms in total. The number of H-pyrrole nitrogens is 1. The van der Waals surface area contributed by atoms with E-state index in [-0.39, 0.29) is 11.9 Å². The third-order valence-electron chi connectivity index (χ3n) is 5.16. The predicted molar refractivity (Wildman–Crippen MR) is 125 cm³/mol. The number of aliphatic imine (C=N–C) groups is 1. The van der Waals surface area contributed by atoms with Crippen molar-refractivity contribution < 1.29 is 13.9 Å². The minimum absolute atomic E-state index is 0.315. The summed E-state index contributed by atoms with van der Waals surface area (Å²) in [6.45, 7) is 1.32. The first-order valence-electron chi connectivity index (χ1n) is 10.5. The quantitative estimate of drug-likeness (QED) is 0.428. The lowest BCUT2D eigenvalue weighted by Gasteiger charge is -2.20. The number of dihydropyridines is 1. The Hall–Kier alpha value is -3.47. The zero-order valence-electron chi connectivity index (χ0n) is 18.5. The van der Waals surface area contributed by atoms with E-state index >= 15 is 0 Å². The highest BCUT2D eigenvalue weighted by Crippen LogP contribution is 2.31. The number of benzene rings is 1. The summed E-state index contributed by atoms with van der Waals surface area (Å²) in [5, 5.41) is 3.20. The third-order valence-corrected chi connectivity index (χ3v) is 5.16. The molecule has 0 spiro atoms. The van der Waals surface area contributed by atoms with E-state index in [1.807, 2.05) is 6.08 Å². The van der Waals surface area contributed by atoms with Crippen molar-refractivity contribution in [2.45, 2.75) is 18.7 Å². The molecule has 33 heavy (non-hydrogen) atoms. The molecule has 4 rings (SSSR count). The number of allylic oxidation sites excluding steroid dienone is 1. The van der Waals surface area contributed by atoms with Gasteiger partial charge in [0, 0.05) is 50.9 Å². The number of anilines is 1. The van der Waals surface area contributed by atoms with Crippen LogP contribution in [0, 0.1) is 5.82 Å². The first-order chi connectivity index (χ1) is 16.1. The summed E-state index contributed by atoms with van der Waals surface area (Å²) in [6, 6.07) is 7.91. The van der Waals surface area contributed by atoms with E-state index in [0.717, 1.165) is 17.6 Å². The number of ether oxygens (including phenoxy) is 2. The van der Waals surface area contributed by atoms with E-state index in [1.165, 1.54) is 12.1 Å². The number of hydrogen-bond donors (Lipinski definition) is 3. The fourth-order valence-electron chi connectivity index (χ4n) is 3.43. The van der Waals surface area contributed by atoms with Gasteiger partial charge in [0.1, 0.15) is 29.6 Å². The monoisotopic (exact) mass is 451 g/mol. The van der Waals surface area contributed by atoms with E-state index in [2.05, 4.69) is 25.3 Å². The van der Waals surface area contributed by atoms with Gasteiger partial charge in [0.05, 0.1) is 11.4 Å². The van der Waals surface area contributed by atoms with Crippen molar-refractivity contribution in [3.05, 3.63) is 54.1 Å². The highest BCUT2D eigenvalue weighted by Gasteiger charge is 2.23. The number of aromatic amines is 1. The van der Waals surface area contributed by atoms with Crippen LogP contribution in [0.5, 0.6) is 0 Å². The zero-order chi connectivity index (χ0) is 23.2. The van der Waals surface area contributed by atoms with Gasteiger partial charge in [-0.1, -0.05) is 0 Å². The molecule has 0 fully saturated rings. The molecular formula is C23H26FN7O2. The minimum atomic E-state index is -0.483. The van der Waals surface area contributed by atoms with Crippen LogP contribution in [0.25, 0.3) is 28.3 Å². The molecule has 0 aliphatic carbocycles. The topological polar surface area (TPSA) is 123 Å². The lowest BCUT2D eigenvalue weighted by Crippen LogP contribution is -2.35. The van der Waals surface area contributed by atoms with Crippen molar-refractivity contribution in [2.75, 3.05) is 32.7 Å². The van der Waals surface area contributed by atoms with E-state index in [0.29, 0.717) is 42.0 Å². The number of aromatic nitrogens is 4. The van der Waals surface area contributed by atoms with Crippen LogP contribution in [-0.4, -0.2) is 65.8 Å². The molecule has 4 N–H and O–H groups in total. The molecule has 1 aliphatic heterocycles. The molecule has 0 bridgehead atoms. The van der Waals surface area contributed by atoms with Crippen molar-refractivity contribution in [3.63, 3.8) is 0 Å². The summed E-state index contributed by atoms with van der Waals surface area (Å²) in [7, 11) is 3.25. The number of rotatable bonds is 9. The average molecular weight is 452 g/mol. The van der Waals surface area contributed by atoms with E-state index in [4.69, 9.17) is 20.2 Å². The normalized spacial score (nSPS) is 17.8. The molecule has 10 heteroatoms. The SMILES string of the molecule is COCCCNc1nccc(-c2nc(-c3ccc(F)cc3)[nH]c2C2=CC(OC)C(N)N=C2)n1. The second kappa shape index (κ2) is 10.4. The molecule has 0 radical (unpaired) electrons. The maximum absolute atomic E-state index is 13.4. The van der Waals surface area contributed by atoms with Crippen LogP contribution in [0.1, 0.15) is 12.1 Å². The number of methoxy groups -OCH3 is 2. The first-order valence-corrected chi connectivity index (χ1v) is 10.5. The molecule has 1 aromatic carbocycles. The molecule has 0 saturated carbocycles. The highest BCUT2D eigenvalue weighted by atomic mass is 19.1. The molecule has 2 unspecified atom stereocenters. The number of nitrogens with one attached hydrogen (secondary N) is 2. The Morgan fingerprint density at radius 1 is 1.15 bits per heavy atom. The van der Waals surface area contributed by atoms with E-state index in [9.17, 15) is 4.39 Å². The summed E-state index contributed by atoms with van der Waals surface area (Å²) in [4.78, 5) is 21.4. The fraction of sp³-hybridized carbons (Fsp3) is 0.304. The van der Waals surface area contributed by atoms with Crippen LogP contribution >= 0.6 is 0 Å². The number of halogens is 1. The van der Waals surface area contributed by atoms with Gasteiger partial charge in [-0.2, -0.15) is 0 Å². The Bertz CT molecular complexity index is 1140. The van der Waals surface area contributed by atoms with Gasteiger partial charge in [0.25, 0.3) is 0 Å². The largest absolute Gasteiger partial charge is 0.385 e. The van der Waals surface area contributed by atoms with Crippen molar-refractivity contribution >= 4 is 17.7 Å². The van der Waals surface area contributed by atoms with Crippen molar-refractivity contribution in [2.24, 2.45) is 10.7 Å². The fourth-order valence-corrected chi connectivity index (χ4v) is 3.43. The van der Waals surface area contributed by atoms with Gasteiger partial charge < -0.3 is 25.5 Å². The van der Waals surface area contributed by atoms with Crippen LogP contribution in [0.4, 0.5) is 10.3 Å². The number of nitrogens with two attached hydrogens (primary N) is 1. The Morgan fingerprint density at radius 2 is 1.97 bits per heavy atom. The van der Waals surface area contributed by atoms with Gasteiger partial charge in [-0.05, 0) is 42.8 Å². The Labute approximate surface area is 191 Å². The zero-order valence-corrected chi connectivity index (χ0v) is 18.5. The van der Waals surface area contributed by atoms with Crippen LogP contribution < -0.4 is 11.1 Å². The van der Waals surface area contributed by atoms with Crippen molar-refractivity contribution in [1.82, 2.24) is 19.9 Å². The molecule has 172 valence electrons. The van der Waals surface area contributed by atoms with Crippen LogP contribution in [-0.2, 0) is 9.47 Å². The lowest BCUT2D eigenvalue weighted by molar-refractivity contribution is 0.120. The van der Waals surface area contributed by atoms with Gasteiger partial charge in [-0.25, -0.2) is 19.3 Å². The summed E-state index contributed by atoms with van der Waals surface area (Å²) in [5.74, 6) is 0.750. The molecule has 3 heterocycles. The number of hydrogen-bond acceptors (Lipinski definition) is 8. The van der Waals surface area contributed by atoms with Crippen molar-refractivity contribution in [3.8, 4) is 22.8 Å². The molecular weight excluding hydrogens is 425 g/mol. The molecule has 1 aliphatic rings. The maximum Gasteiger partial charge on any atom is 0.223 e. The summed E-state index contributed by atoms with van der Waals surface area (Å²) < 4.78 is 24.0. The molecule has 0 saturated heterocycles. The standard InChI is InChI=1S/C23H26FN7O2/c1-32-11-3-9-26-23-27-10-8-17(29-23)20-19(15-12-18(33-2)21(25)28-13-15)30-22(31-20)14-4-6-16(24)7-5-14/h4-8,10,12-13,18,21H,3,9,11,25H2,1-2H3,(H,30,31)(H,26,27,29). The third kappa shape index (κ3) is 5.30. The maximum atomic E-state index is 13.4. The van der Waals surface area contributed by atoms with Crippen molar-refractivity contribution in [1.29, 1.82) is 0 Å². The molecule has 3 aromatic rings. The van der Waals surface area contributed by atoms with Gasteiger partial charge in [-0.15, -0.1) is 0 Å². The van der Waals surface area contributed by atoms with E-state index < -0.39 is 6.17 Å². The average Bonchev–Trinajstić information content (AvgIpc) is 3.28. The highest BCUT2D eigenvalue weighted by molar-refractivity contribution is 6.12. The van der Waals surface area contributed by atoms with Gasteiger partial charge >= 0.3 is 0 Å². The lowest BCUT2D eigenvalue weighted by atomic mass is 10.0. The van der Waals surface area contributed by atoms with Crippen LogP contribution in [0.15, 0.2) is 47.6 Å². The summed E-state index contributed by atoms with van der Waals surface area (Å²) in [5.41, 5.74) is 9.46.